The van der Waals surface area contributed by atoms with E-state index in [4.69, 9.17) is 11.2 Å². The molecule has 0 bridgehead atoms. The molecule has 1 heterocycles. The second kappa shape index (κ2) is 4.61. The largest absolute Gasteiger partial charge is 0.375 e. The first-order valence-corrected chi connectivity index (χ1v) is 5.19. The molecule has 0 amide bonds. The van der Waals surface area contributed by atoms with Crippen LogP contribution in [0.15, 0.2) is 0 Å². The van der Waals surface area contributed by atoms with Gasteiger partial charge in [0.1, 0.15) is 5.78 Å². The molecule has 0 aliphatic carbocycles. The van der Waals surface area contributed by atoms with Gasteiger partial charge in [-0.15, -0.1) is 12.3 Å². The molecule has 2 heteroatoms. The first-order valence-electron chi connectivity index (χ1n) is 5.19. The lowest BCUT2D eigenvalue weighted by molar-refractivity contribution is -0.124. The fourth-order valence-electron chi connectivity index (χ4n) is 2.18. The Bertz CT molecular complexity index is 252. The summed E-state index contributed by atoms with van der Waals surface area (Å²) in [6.07, 6.45) is 6.41. The fourth-order valence-corrected chi connectivity index (χ4v) is 2.18. The van der Waals surface area contributed by atoms with Crippen molar-refractivity contribution in [3.05, 3.63) is 0 Å². The van der Waals surface area contributed by atoms with Crippen LogP contribution in [0.3, 0.4) is 0 Å². The molecule has 2 nitrogen and oxygen atoms in total. The van der Waals surface area contributed by atoms with Gasteiger partial charge in [0, 0.05) is 18.8 Å². The maximum Gasteiger partial charge on any atom is 0.139 e. The molecule has 0 N–H and O–H groups in total. The van der Waals surface area contributed by atoms with Crippen LogP contribution in [0.5, 0.6) is 0 Å². The van der Waals surface area contributed by atoms with Crippen LogP contribution < -0.4 is 0 Å². The minimum atomic E-state index is 0.0401. The van der Waals surface area contributed by atoms with Crippen LogP contribution in [0.2, 0.25) is 0 Å². The van der Waals surface area contributed by atoms with Crippen molar-refractivity contribution in [1.82, 2.24) is 0 Å². The Morgan fingerprint density at radius 2 is 2.00 bits per heavy atom. The van der Waals surface area contributed by atoms with Gasteiger partial charge in [-0.1, -0.05) is 6.92 Å². The molecule has 4 atom stereocenters. The van der Waals surface area contributed by atoms with E-state index in [1.165, 1.54) is 0 Å². The van der Waals surface area contributed by atoms with Gasteiger partial charge in [-0.3, -0.25) is 4.79 Å². The molecule has 0 spiro atoms. The third-order valence-electron chi connectivity index (χ3n) is 3.13. The molecule has 0 saturated carbocycles. The van der Waals surface area contributed by atoms with Crippen LogP contribution in [0.1, 0.15) is 33.6 Å². The molecule has 78 valence electrons. The predicted molar refractivity (Wildman–Crippen MR) is 55.7 cm³/mol. The first kappa shape index (κ1) is 11.3. The maximum atomic E-state index is 11.8. The van der Waals surface area contributed by atoms with E-state index < -0.39 is 0 Å². The van der Waals surface area contributed by atoms with Crippen LogP contribution in [0.4, 0.5) is 0 Å². The fraction of sp³-hybridized carbons (Fsp3) is 0.750. The minimum absolute atomic E-state index is 0.0401. The van der Waals surface area contributed by atoms with Crippen molar-refractivity contribution >= 4 is 5.78 Å². The summed E-state index contributed by atoms with van der Waals surface area (Å²) in [5.74, 6) is 3.11. The van der Waals surface area contributed by atoms with E-state index in [-0.39, 0.29) is 23.9 Å². The van der Waals surface area contributed by atoms with Crippen LogP contribution >= 0.6 is 0 Å². The number of carbonyl (C=O) groups is 1. The third kappa shape index (κ3) is 2.16. The number of Topliss-reactive ketones (excluding diaryl/α,β-unsaturated/α-hetero) is 1. The van der Waals surface area contributed by atoms with E-state index in [9.17, 15) is 4.79 Å². The van der Waals surface area contributed by atoms with Crippen molar-refractivity contribution in [3.8, 4) is 12.3 Å². The Labute approximate surface area is 86.0 Å². The van der Waals surface area contributed by atoms with Gasteiger partial charge in [-0.2, -0.15) is 0 Å². The normalized spacial score (nSPS) is 36.7. The highest BCUT2D eigenvalue weighted by atomic mass is 16.5. The summed E-state index contributed by atoms with van der Waals surface area (Å²) >= 11 is 0. The molecule has 0 radical (unpaired) electrons. The maximum absolute atomic E-state index is 11.8. The lowest BCUT2D eigenvalue weighted by Crippen LogP contribution is -2.26. The van der Waals surface area contributed by atoms with E-state index in [0.717, 1.165) is 0 Å². The number of hydrogen-bond acceptors (Lipinski definition) is 2. The van der Waals surface area contributed by atoms with Gasteiger partial charge in [0.15, 0.2) is 0 Å². The number of rotatable bonds is 3. The molecule has 4 unspecified atom stereocenters. The first-order chi connectivity index (χ1) is 6.57. The molecular weight excluding hydrogens is 176 g/mol. The van der Waals surface area contributed by atoms with Crippen molar-refractivity contribution in [1.29, 1.82) is 0 Å². The molecule has 1 fully saturated rings. The SMILES string of the molecule is C#CCCC(=O)C1C(C)OC(C)C1C. The van der Waals surface area contributed by atoms with Crippen molar-refractivity contribution in [3.63, 3.8) is 0 Å². The third-order valence-corrected chi connectivity index (χ3v) is 3.13. The van der Waals surface area contributed by atoms with E-state index >= 15 is 0 Å². The highest BCUT2D eigenvalue weighted by Crippen LogP contribution is 2.33. The van der Waals surface area contributed by atoms with Crippen LogP contribution in [0, 0.1) is 24.2 Å². The van der Waals surface area contributed by atoms with Crippen molar-refractivity contribution in [2.24, 2.45) is 11.8 Å². The standard InChI is InChI=1S/C12H18O2/c1-5-6-7-11(13)12-8(2)9(3)14-10(12)4/h1,8-10,12H,6-7H2,2-4H3. The van der Waals surface area contributed by atoms with Crippen molar-refractivity contribution in [2.45, 2.75) is 45.8 Å². The summed E-state index contributed by atoms with van der Waals surface area (Å²) in [5, 5.41) is 0. The zero-order valence-electron chi connectivity index (χ0n) is 9.12. The number of terminal acetylenes is 1. The van der Waals surface area contributed by atoms with E-state index in [1.807, 2.05) is 13.8 Å². The second-order valence-corrected chi connectivity index (χ2v) is 4.10. The van der Waals surface area contributed by atoms with E-state index in [2.05, 4.69) is 12.8 Å². The molecule has 14 heavy (non-hydrogen) atoms. The van der Waals surface area contributed by atoms with Gasteiger partial charge >= 0.3 is 0 Å². The quantitative estimate of drug-likeness (QED) is 0.642. The number of carbonyl (C=O) groups excluding carboxylic acids is 1. The topological polar surface area (TPSA) is 26.3 Å². The Morgan fingerprint density at radius 1 is 1.36 bits per heavy atom. The summed E-state index contributed by atoms with van der Waals surface area (Å²) in [5.41, 5.74) is 0. The van der Waals surface area contributed by atoms with Crippen LogP contribution in [-0.4, -0.2) is 18.0 Å². The Hall–Kier alpha value is -0.810. The molecule has 1 aliphatic heterocycles. The Balaban J connectivity index is 2.59. The van der Waals surface area contributed by atoms with Crippen LogP contribution in [0.25, 0.3) is 0 Å². The molecule has 0 aromatic heterocycles. The molecule has 1 aliphatic rings. The van der Waals surface area contributed by atoms with Gasteiger partial charge in [-0.25, -0.2) is 0 Å². The predicted octanol–water partition coefficient (Wildman–Crippen LogP) is 2.03. The van der Waals surface area contributed by atoms with Crippen molar-refractivity contribution < 1.29 is 9.53 Å². The number of ether oxygens (including phenoxy) is 1. The number of ketones is 1. The summed E-state index contributed by atoms with van der Waals surface area (Å²) in [4.78, 5) is 11.8. The summed E-state index contributed by atoms with van der Waals surface area (Å²) in [7, 11) is 0. The lowest BCUT2D eigenvalue weighted by atomic mass is 9.84. The molecule has 1 saturated heterocycles. The highest BCUT2D eigenvalue weighted by Gasteiger charge is 2.40. The smallest absolute Gasteiger partial charge is 0.139 e. The monoisotopic (exact) mass is 194 g/mol. The molecule has 0 aromatic carbocycles. The highest BCUT2D eigenvalue weighted by molar-refractivity contribution is 5.82. The van der Waals surface area contributed by atoms with Crippen LogP contribution in [-0.2, 0) is 9.53 Å². The average molecular weight is 194 g/mol. The Morgan fingerprint density at radius 3 is 2.43 bits per heavy atom. The molecule has 0 aromatic rings. The lowest BCUT2D eigenvalue weighted by Gasteiger charge is -2.16. The van der Waals surface area contributed by atoms with Gasteiger partial charge < -0.3 is 4.74 Å². The van der Waals surface area contributed by atoms with Gasteiger partial charge in [0.25, 0.3) is 0 Å². The summed E-state index contributed by atoms with van der Waals surface area (Å²) < 4.78 is 5.61. The summed E-state index contributed by atoms with van der Waals surface area (Å²) in [6, 6.07) is 0. The van der Waals surface area contributed by atoms with Gasteiger partial charge in [0.2, 0.25) is 0 Å². The molecule has 1 rings (SSSR count). The van der Waals surface area contributed by atoms with Gasteiger partial charge in [-0.05, 0) is 19.8 Å². The minimum Gasteiger partial charge on any atom is -0.375 e. The zero-order valence-corrected chi connectivity index (χ0v) is 9.12. The Kier molecular flexibility index (Phi) is 3.71. The molecular formula is C12H18O2. The van der Waals surface area contributed by atoms with Gasteiger partial charge in [0.05, 0.1) is 12.2 Å². The summed E-state index contributed by atoms with van der Waals surface area (Å²) in [6.45, 7) is 6.07. The zero-order chi connectivity index (χ0) is 10.7. The van der Waals surface area contributed by atoms with E-state index in [1.54, 1.807) is 0 Å². The average Bonchev–Trinajstić information content (AvgIpc) is 2.38. The number of hydrogen-bond donors (Lipinski definition) is 0. The second-order valence-electron chi connectivity index (χ2n) is 4.10. The van der Waals surface area contributed by atoms with Crippen molar-refractivity contribution in [2.75, 3.05) is 0 Å². The van der Waals surface area contributed by atoms with E-state index in [0.29, 0.717) is 18.8 Å².